The molecule has 4 aliphatic carbocycles. The SMILES string of the molecule is CC(=O)O[C@@H]1CC[C@@]2(C)[C@H](CC[C@@H]3[C@@H]2CC[C@]2(C)[C@@H](C4=CC(=O)OC4)[C@H](OC(C)=O)C[C@@]32O)C1. The van der Waals surface area contributed by atoms with Crippen LogP contribution in [-0.4, -0.2) is 47.4 Å². The third-order valence-electron chi connectivity index (χ3n) is 10.5. The van der Waals surface area contributed by atoms with E-state index in [1.165, 1.54) is 13.8 Å². The van der Waals surface area contributed by atoms with Gasteiger partial charge in [-0.3, -0.25) is 9.59 Å². The molecule has 1 N–H and O–H groups in total. The zero-order valence-electron chi connectivity index (χ0n) is 20.8. The van der Waals surface area contributed by atoms with E-state index >= 15 is 0 Å². The first-order chi connectivity index (χ1) is 16.0. The molecule has 0 aromatic rings. The molecular formula is C27H38O7. The van der Waals surface area contributed by atoms with Crippen molar-refractivity contribution in [1.82, 2.24) is 0 Å². The highest BCUT2D eigenvalue weighted by Crippen LogP contribution is 2.70. The van der Waals surface area contributed by atoms with E-state index in [9.17, 15) is 19.5 Å². The largest absolute Gasteiger partial charge is 0.463 e. The van der Waals surface area contributed by atoms with Gasteiger partial charge in [-0.05, 0) is 73.7 Å². The topological polar surface area (TPSA) is 99.1 Å². The number of rotatable bonds is 3. The summed E-state index contributed by atoms with van der Waals surface area (Å²) in [5.74, 6) is -0.190. The van der Waals surface area contributed by atoms with Gasteiger partial charge in [0, 0.05) is 37.7 Å². The average molecular weight is 475 g/mol. The molecule has 0 unspecified atom stereocenters. The number of hydrogen-bond donors (Lipinski definition) is 1. The minimum atomic E-state index is -0.978. The first kappa shape index (κ1) is 23.8. The van der Waals surface area contributed by atoms with Crippen LogP contribution in [0.3, 0.4) is 0 Å². The number of hydrogen-bond acceptors (Lipinski definition) is 7. The zero-order valence-corrected chi connectivity index (χ0v) is 20.8. The normalized spacial score (nSPS) is 47.6. The summed E-state index contributed by atoms with van der Waals surface area (Å²) >= 11 is 0. The second-order valence-corrected chi connectivity index (χ2v) is 12.0. The van der Waals surface area contributed by atoms with Gasteiger partial charge in [0.05, 0.1) is 5.60 Å². The number of cyclic esters (lactones) is 1. The van der Waals surface area contributed by atoms with Crippen molar-refractivity contribution in [1.29, 1.82) is 0 Å². The molecule has 5 rings (SSSR count). The van der Waals surface area contributed by atoms with Gasteiger partial charge in [0.2, 0.25) is 0 Å². The van der Waals surface area contributed by atoms with E-state index in [0.29, 0.717) is 18.3 Å². The molecule has 1 heterocycles. The number of aliphatic hydroxyl groups is 1. The van der Waals surface area contributed by atoms with Crippen LogP contribution < -0.4 is 0 Å². The predicted molar refractivity (Wildman–Crippen MR) is 122 cm³/mol. The summed E-state index contributed by atoms with van der Waals surface area (Å²) in [5.41, 5.74) is -0.535. The van der Waals surface area contributed by atoms with Gasteiger partial charge in [0.1, 0.15) is 18.8 Å². The fourth-order valence-electron chi connectivity index (χ4n) is 9.08. The molecule has 9 atom stereocenters. The van der Waals surface area contributed by atoms with E-state index < -0.39 is 17.1 Å². The fourth-order valence-corrected chi connectivity index (χ4v) is 9.08. The molecular weight excluding hydrogens is 436 g/mol. The van der Waals surface area contributed by atoms with Gasteiger partial charge < -0.3 is 19.3 Å². The summed E-state index contributed by atoms with van der Waals surface area (Å²) in [5, 5.41) is 12.5. The number of fused-ring (bicyclic) bond motifs is 5. The number of ether oxygens (including phenoxy) is 3. The molecule has 7 nitrogen and oxygen atoms in total. The molecule has 34 heavy (non-hydrogen) atoms. The summed E-state index contributed by atoms with van der Waals surface area (Å²) in [6.07, 6.45) is 7.98. The Morgan fingerprint density at radius 1 is 1.03 bits per heavy atom. The van der Waals surface area contributed by atoms with Gasteiger partial charge >= 0.3 is 17.9 Å². The van der Waals surface area contributed by atoms with Crippen molar-refractivity contribution in [2.75, 3.05) is 6.61 Å². The molecule has 5 aliphatic rings. The van der Waals surface area contributed by atoms with Crippen LogP contribution in [-0.2, 0) is 28.6 Å². The minimum Gasteiger partial charge on any atom is -0.463 e. The van der Waals surface area contributed by atoms with Crippen molar-refractivity contribution < 1.29 is 33.7 Å². The van der Waals surface area contributed by atoms with Crippen LogP contribution in [0.5, 0.6) is 0 Å². The average Bonchev–Trinajstić information content (AvgIpc) is 3.25. The zero-order chi connectivity index (χ0) is 24.5. The van der Waals surface area contributed by atoms with Gasteiger partial charge in [-0.2, -0.15) is 0 Å². The third-order valence-corrected chi connectivity index (χ3v) is 10.5. The van der Waals surface area contributed by atoms with Gasteiger partial charge in [-0.25, -0.2) is 4.79 Å². The van der Waals surface area contributed by atoms with E-state index in [2.05, 4.69) is 13.8 Å². The number of carbonyl (C=O) groups is 3. The molecule has 4 fully saturated rings. The van der Waals surface area contributed by atoms with Gasteiger partial charge in [0.25, 0.3) is 0 Å². The Morgan fingerprint density at radius 3 is 2.41 bits per heavy atom. The van der Waals surface area contributed by atoms with E-state index in [-0.39, 0.29) is 47.9 Å². The molecule has 4 saturated carbocycles. The number of esters is 3. The number of carbonyl (C=O) groups excluding carboxylic acids is 3. The maximum atomic E-state index is 12.5. The maximum absolute atomic E-state index is 12.5. The Bertz CT molecular complexity index is 926. The molecule has 0 spiro atoms. The lowest BCUT2D eigenvalue weighted by atomic mass is 9.43. The van der Waals surface area contributed by atoms with Crippen LogP contribution in [0.25, 0.3) is 0 Å². The van der Waals surface area contributed by atoms with Gasteiger partial charge in [-0.15, -0.1) is 0 Å². The molecule has 1 aliphatic heterocycles. The summed E-state index contributed by atoms with van der Waals surface area (Å²) in [6, 6.07) is 0. The minimum absolute atomic E-state index is 0.000108. The molecule has 0 saturated heterocycles. The van der Waals surface area contributed by atoms with Gasteiger partial charge in [0.15, 0.2) is 0 Å². The molecule has 188 valence electrons. The smallest absolute Gasteiger partial charge is 0.331 e. The Kier molecular flexibility index (Phi) is 5.66. The molecule has 0 amide bonds. The van der Waals surface area contributed by atoms with Crippen LogP contribution in [0.15, 0.2) is 11.6 Å². The van der Waals surface area contributed by atoms with Crippen molar-refractivity contribution in [3.8, 4) is 0 Å². The molecule has 0 aromatic carbocycles. The predicted octanol–water partition coefficient (Wildman–Crippen LogP) is 3.72. The Labute approximate surface area is 201 Å². The van der Waals surface area contributed by atoms with Crippen molar-refractivity contribution in [2.45, 2.75) is 96.9 Å². The second kappa shape index (κ2) is 8.07. The first-order valence-electron chi connectivity index (χ1n) is 12.9. The lowest BCUT2D eigenvalue weighted by molar-refractivity contribution is -0.210. The van der Waals surface area contributed by atoms with Gasteiger partial charge in [-0.1, -0.05) is 13.8 Å². The van der Waals surface area contributed by atoms with Crippen molar-refractivity contribution in [2.24, 2.45) is 34.5 Å². The summed E-state index contributed by atoms with van der Waals surface area (Å²) < 4.78 is 16.6. The molecule has 0 radical (unpaired) electrons. The van der Waals surface area contributed by atoms with E-state index in [0.717, 1.165) is 50.5 Å². The van der Waals surface area contributed by atoms with Crippen molar-refractivity contribution in [3.63, 3.8) is 0 Å². The summed E-state index contributed by atoms with van der Waals surface area (Å²) in [7, 11) is 0. The molecule has 0 bridgehead atoms. The van der Waals surface area contributed by atoms with E-state index in [1.54, 1.807) is 6.08 Å². The quantitative estimate of drug-likeness (QED) is 0.492. The van der Waals surface area contributed by atoms with Crippen LogP contribution in [0, 0.1) is 34.5 Å². The Hall–Kier alpha value is -1.89. The fraction of sp³-hybridized carbons (Fsp3) is 0.815. The van der Waals surface area contributed by atoms with Crippen LogP contribution in [0.1, 0.15) is 79.1 Å². The third kappa shape index (κ3) is 3.44. The Morgan fingerprint density at radius 2 is 1.76 bits per heavy atom. The van der Waals surface area contributed by atoms with Crippen molar-refractivity contribution in [3.05, 3.63) is 11.6 Å². The lowest BCUT2D eigenvalue weighted by Gasteiger charge is -2.63. The maximum Gasteiger partial charge on any atom is 0.331 e. The molecule has 0 aromatic heterocycles. The first-order valence-corrected chi connectivity index (χ1v) is 12.9. The highest BCUT2D eigenvalue weighted by Gasteiger charge is 2.71. The van der Waals surface area contributed by atoms with Crippen molar-refractivity contribution >= 4 is 17.9 Å². The highest BCUT2D eigenvalue weighted by atomic mass is 16.6. The lowest BCUT2D eigenvalue weighted by Crippen LogP contribution is -2.62. The monoisotopic (exact) mass is 474 g/mol. The van der Waals surface area contributed by atoms with E-state index in [4.69, 9.17) is 14.2 Å². The second-order valence-electron chi connectivity index (χ2n) is 12.0. The highest BCUT2D eigenvalue weighted by molar-refractivity contribution is 5.85. The molecule has 7 heteroatoms. The van der Waals surface area contributed by atoms with Crippen LogP contribution >= 0.6 is 0 Å². The van der Waals surface area contributed by atoms with Crippen LogP contribution in [0.4, 0.5) is 0 Å². The van der Waals surface area contributed by atoms with Crippen LogP contribution in [0.2, 0.25) is 0 Å². The van der Waals surface area contributed by atoms with E-state index in [1.807, 2.05) is 0 Å². The Balaban J connectivity index is 1.46. The summed E-state index contributed by atoms with van der Waals surface area (Å²) in [6.45, 7) is 7.61. The summed E-state index contributed by atoms with van der Waals surface area (Å²) in [4.78, 5) is 35.4. The standard InChI is InChI=1S/C27H38O7/c1-15(28)33-19-7-9-25(3)18(12-19)5-6-21-20(25)8-10-26(4)24(17-11-23(30)32-14-17)22(34-16(2)29)13-27(21,26)31/h11,18-22,24,31H,5-10,12-14H2,1-4H3/t18-,19-,20+,21-,22-,24+,25+,26-,27-/m1/s1.